The molecule has 11 heteroatoms. The molecule has 2 aromatic carbocycles. The molecule has 2 aliphatic rings. The van der Waals surface area contributed by atoms with E-state index >= 15 is 4.39 Å². The molecule has 1 amide bonds. The van der Waals surface area contributed by atoms with Crippen molar-refractivity contribution in [1.29, 1.82) is 5.26 Å². The van der Waals surface area contributed by atoms with Gasteiger partial charge in [-0.05, 0) is 55.9 Å². The zero-order valence-corrected chi connectivity index (χ0v) is 22.9. The number of nitrogen functional groups attached to an aromatic ring is 1. The number of allylic oxidation sites excluding steroid dienone is 1. The summed E-state index contributed by atoms with van der Waals surface area (Å²) in [7, 11) is 0. The van der Waals surface area contributed by atoms with Crippen LogP contribution in [0, 0.1) is 23.1 Å². The monoisotopic (exact) mass is 567 g/mol. The third kappa shape index (κ3) is 5.53. The number of nitrogens with two attached hydrogens (primary N) is 1. The maximum atomic E-state index is 15.5. The van der Waals surface area contributed by atoms with Crippen molar-refractivity contribution < 1.29 is 18.7 Å². The van der Waals surface area contributed by atoms with E-state index in [9.17, 15) is 10.1 Å². The zero-order chi connectivity index (χ0) is 29.1. The second kappa shape index (κ2) is 12.0. The van der Waals surface area contributed by atoms with Gasteiger partial charge in [-0.2, -0.15) is 10.4 Å². The SMILES string of the molecule is N#CC(=CC1CCOCC1)C(=O)N1CCC[C@H]1Cn1nc(-c2ccc(Oc3ccccc3)cc2F)c2c(N)ncnc21. The third-order valence-corrected chi connectivity index (χ3v) is 7.77. The summed E-state index contributed by atoms with van der Waals surface area (Å²) in [4.78, 5) is 23.7. The van der Waals surface area contributed by atoms with Crippen LogP contribution in [-0.2, 0) is 16.1 Å². The summed E-state index contributed by atoms with van der Waals surface area (Å²) in [6, 6.07) is 15.6. The Kier molecular flexibility index (Phi) is 7.79. The number of carbonyl (C=O) groups excluding carboxylic acids is 1. The van der Waals surface area contributed by atoms with Gasteiger partial charge in [0.2, 0.25) is 0 Å². The fourth-order valence-electron chi connectivity index (χ4n) is 5.64. The first kappa shape index (κ1) is 27.4. The molecule has 6 rings (SSSR count). The molecule has 0 bridgehead atoms. The summed E-state index contributed by atoms with van der Waals surface area (Å²) in [5.74, 6) is 0.448. The minimum absolute atomic E-state index is 0.148. The van der Waals surface area contributed by atoms with Crippen molar-refractivity contribution in [1.82, 2.24) is 24.6 Å². The average molecular weight is 568 g/mol. The van der Waals surface area contributed by atoms with Gasteiger partial charge in [-0.15, -0.1) is 0 Å². The molecule has 1 atom stereocenters. The van der Waals surface area contributed by atoms with E-state index in [2.05, 4.69) is 16.0 Å². The van der Waals surface area contributed by atoms with Crippen LogP contribution in [0.2, 0.25) is 0 Å². The van der Waals surface area contributed by atoms with Crippen molar-refractivity contribution in [2.24, 2.45) is 5.92 Å². The third-order valence-electron chi connectivity index (χ3n) is 7.77. The molecular formula is C31H30FN7O3. The second-order valence-electron chi connectivity index (χ2n) is 10.5. The first-order chi connectivity index (χ1) is 20.5. The molecule has 2 aromatic heterocycles. The van der Waals surface area contributed by atoms with Crippen molar-refractivity contribution >= 4 is 22.8 Å². The number of fused-ring (bicyclic) bond motifs is 1. The van der Waals surface area contributed by atoms with Crippen LogP contribution in [0.3, 0.4) is 0 Å². The summed E-state index contributed by atoms with van der Waals surface area (Å²) in [6.45, 7) is 2.11. The van der Waals surface area contributed by atoms with E-state index < -0.39 is 5.82 Å². The van der Waals surface area contributed by atoms with E-state index in [-0.39, 0.29) is 34.8 Å². The van der Waals surface area contributed by atoms with E-state index in [1.807, 2.05) is 18.2 Å². The van der Waals surface area contributed by atoms with Crippen LogP contribution < -0.4 is 10.5 Å². The molecule has 0 radical (unpaired) electrons. The Morgan fingerprint density at radius 3 is 2.71 bits per heavy atom. The topological polar surface area (TPSA) is 132 Å². The molecule has 2 aliphatic heterocycles. The predicted octanol–water partition coefficient (Wildman–Crippen LogP) is 4.87. The van der Waals surface area contributed by atoms with Crippen LogP contribution in [0.5, 0.6) is 11.5 Å². The number of carbonyl (C=O) groups is 1. The summed E-state index contributed by atoms with van der Waals surface area (Å²) >= 11 is 0. The standard InChI is InChI=1S/C31H30FN7O3/c32-26-16-24(42-23-6-2-1-3-7-23)8-9-25(26)28-27-29(34)35-19-36-30(27)39(37-28)18-22-5-4-12-38(22)31(40)21(17-33)15-20-10-13-41-14-11-20/h1-3,6-9,15-16,19-20,22H,4-5,10-14,18H2,(H2,34,35,36)/t22-/m0/s1. The molecular weight excluding hydrogens is 537 g/mol. The summed E-state index contributed by atoms with van der Waals surface area (Å²) in [6.07, 6.45) is 6.26. The molecule has 10 nitrogen and oxygen atoms in total. The van der Waals surface area contributed by atoms with Gasteiger partial charge in [0.1, 0.15) is 46.8 Å². The van der Waals surface area contributed by atoms with Gasteiger partial charge in [0.15, 0.2) is 5.65 Å². The van der Waals surface area contributed by atoms with Crippen LogP contribution in [0.25, 0.3) is 22.3 Å². The highest BCUT2D eigenvalue weighted by Gasteiger charge is 2.33. The number of ether oxygens (including phenoxy) is 2. The van der Waals surface area contributed by atoms with Crippen LogP contribution in [0.1, 0.15) is 25.7 Å². The van der Waals surface area contributed by atoms with E-state index in [1.165, 1.54) is 12.4 Å². The van der Waals surface area contributed by atoms with Crippen molar-refractivity contribution in [3.63, 3.8) is 0 Å². The number of para-hydroxylation sites is 1. The van der Waals surface area contributed by atoms with Crippen molar-refractivity contribution in [2.45, 2.75) is 38.3 Å². The minimum Gasteiger partial charge on any atom is -0.457 e. The number of nitrogens with zero attached hydrogens (tertiary/aromatic N) is 6. The predicted molar refractivity (Wildman–Crippen MR) is 154 cm³/mol. The van der Waals surface area contributed by atoms with Gasteiger partial charge in [0.05, 0.1) is 18.0 Å². The largest absolute Gasteiger partial charge is 0.457 e. The molecule has 2 saturated heterocycles. The Bertz CT molecular complexity index is 1680. The maximum absolute atomic E-state index is 15.5. The number of hydrogen-bond donors (Lipinski definition) is 1. The molecule has 0 unspecified atom stereocenters. The van der Waals surface area contributed by atoms with Gasteiger partial charge in [0, 0.05) is 31.4 Å². The first-order valence-electron chi connectivity index (χ1n) is 14.0. The highest BCUT2D eigenvalue weighted by molar-refractivity contribution is 5.99. The smallest absolute Gasteiger partial charge is 0.264 e. The Hall–Kier alpha value is -4.82. The molecule has 214 valence electrons. The molecule has 2 N–H and O–H groups in total. The van der Waals surface area contributed by atoms with E-state index in [4.69, 9.17) is 20.3 Å². The number of hydrogen-bond acceptors (Lipinski definition) is 8. The summed E-state index contributed by atoms with van der Waals surface area (Å²) < 4.78 is 28.3. The molecule has 4 aromatic rings. The molecule has 4 heterocycles. The lowest BCUT2D eigenvalue weighted by Gasteiger charge is -2.25. The Labute approximate surface area is 242 Å². The van der Waals surface area contributed by atoms with Gasteiger partial charge >= 0.3 is 0 Å². The maximum Gasteiger partial charge on any atom is 0.264 e. The lowest BCUT2D eigenvalue weighted by molar-refractivity contribution is -0.127. The molecule has 42 heavy (non-hydrogen) atoms. The Morgan fingerprint density at radius 2 is 1.95 bits per heavy atom. The lowest BCUT2D eigenvalue weighted by Crippen LogP contribution is -2.39. The molecule has 0 saturated carbocycles. The number of anilines is 1. The fourth-order valence-corrected chi connectivity index (χ4v) is 5.64. The van der Waals surface area contributed by atoms with Crippen LogP contribution in [-0.4, -0.2) is 56.4 Å². The minimum atomic E-state index is -0.534. The molecule has 0 spiro atoms. The number of aromatic nitrogens is 4. The highest BCUT2D eigenvalue weighted by atomic mass is 19.1. The van der Waals surface area contributed by atoms with E-state index in [0.717, 1.165) is 25.7 Å². The number of benzene rings is 2. The fraction of sp³-hybridized carbons (Fsp3) is 0.323. The zero-order valence-electron chi connectivity index (χ0n) is 22.9. The average Bonchev–Trinajstić information content (AvgIpc) is 3.62. The van der Waals surface area contributed by atoms with E-state index in [1.54, 1.807) is 39.9 Å². The van der Waals surface area contributed by atoms with Gasteiger partial charge in [-0.1, -0.05) is 24.3 Å². The number of rotatable bonds is 7. The normalized spacial score (nSPS) is 17.9. The first-order valence-corrected chi connectivity index (χ1v) is 14.0. The van der Waals surface area contributed by atoms with Gasteiger partial charge < -0.3 is 20.1 Å². The highest BCUT2D eigenvalue weighted by Crippen LogP contribution is 2.35. The van der Waals surface area contributed by atoms with Gasteiger partial charge in [-0.3, -0.25) is 4.79 Å². The van der Waals surface area contributed by atoms with Crippen molar-refractivity contribution in [3.05, 3.63) is 72.3 Å². The van der Waals surface area contributed by atoms with Crippen molar-refractivity contribution in [3.8, 4) is 28.8 Å². The van der Waals surface area contributed by atoms with Crippen LogP contribution >= 0.6 is 0 Å². The second-order valence-corrected chi connectivity index (χ2v) is 10.5. The lowest BCUT2D eigenvalue weighted by atomic mass is 9.97. The molecule has 0 aliphatic carbocycles. The van der Waals surface area contributed by atoms with Gasteiger partial charge in [-0.25, -0.2) is 19.0 Å². The van der Waals surface area contributed by atoms with Crippen molar-refractivity contribution in [2.75, 3.05) is 25.5 Å². The van der Waals surface area contributed by atoms with E-state index in [0.29, 0.717) is 54.5 Å². The number of amides is 1. The quantitative estimate of drug-likeness (QED) is 0.247. The summed E-state index contributed by atoms with van der Waals surface area (Å²) in [5.41, 5.74) is 7.39. The van der Waals surface area contributed by atoms with Crippen LogP contribution in [0.4, 0.5) is 10.2 Å². The number of nitriles is 1. The summed E-state index contributed by atoms with van der Waals surface area (Å²) in [5, 5.41) is 15.0. The Morgan fingerprint density at radius 1 is 1.14 bits per heavy atom. The number of likely N-dealkylation sites (tertiary alicyclic amines) is 1. The van der Waals surface area contributed by atoms with Gasteiger partial charge in [0.25, 0.3) is 5.91 Å². The van der Waals surface area contributed by atoms with Crippen LogP contribution in [0.15, 0.2) is 66.5 Å². The molecule has 2 fully saturated rings. The number of halogens is 1. The Balaban J connectivity index is 1.28.